The van der Waals surface area contributed by atoms with Crippen molar-refractivity contribution in [1.29, 1.82) is 0 Å². The second kappa shape index (κ2) is 6.48. The van der Waals surface area contributed by atoms with Crippen LogP contribution in [0.3, 0.4) is 0 Å². The van der Waals surface area contributed by atoms with E-state index < -0.39 is 10.0 Å². The number of nitrogens with zero attached hydrogens (tertiary/aromatic N) is 2. The summed E-state index contributed by atoms with van der Waals surface area (Å²) in [5, 5.41) is 4.44. The Kier molecular flexibility index (Phi) is 4.89. The molecule has 8 heteroatoms. The molecule has 0 spiro atoms. The Morgan fingerprint density at radius 1 is 1.43 bits per heavy atom. The Morgan fingerprint density at radius 2 is 2.19 bits per heavy atom. The molecule has 114 valence electrons. The number of hydrogen-bond donors (Lipinski definition) is 1. The number of nitrogens with one attached hydrogen (secondary N) is 1. The van der Waals surface area contributed by atoms with Crippen LogP contribution in [0, 0.1) is 0 Å². The van der Waals surface area contributed by atoms with E-state index in [0.717, 1.165) is 11.3 Å². The topological polar surface area (TPSA) is 73.2 Å². The van der Waals surface area contributed by atoms with E-state index in [4.69, 9.17) is 4.74 Å². The van der Waals surface area contributed by atoms with E-state index in [9.17, 15) is 8.42 Å². The van der Waals surface area contributed by atoms with Gasteiger partial charge in [-0.1, -0.05) is 15.9 Å². The zero-order chi connectivity index (χ0) is 15.5. The van der Waals surface area contributed by atoms with E-state index in [1.165, 1.54) is 17.1 Å². The van der Waals surface area contributed by atoms with Gasteiger partial charge in [0, 0.05) is 29.8 Å². The molecule has 1 heterocycles. The van der Waals surface area contributed by atoms with Crippen LogP contribution < -0.4 is 9.46 Å². The quantitative estimate of drug-likeness (QED) is 0.789. The smallest absolute Gasteiger partial charge is 0.265 e. The van der Waals surface area contributed by atoms with E-state index in [2.05, 4.69) is 25.8 Å². The maximum absolute atomic E-state index is 12.2. The van der Waals surface area contributed by atoms with E-state index in [1.807, 2.05) is 6.92 Å². The van der Waals surface area contributed by atoms with E-state index in [0.29, 0.717) is 17.6 Å². The van der Waals surface area contributed by atoms with Crippen LogP contribution in [0.1, 0.15) is 12.5 Å². The van der Waals surface area contributed by atoms with E-state index >= 15 is 0 Å². The van der Waals surface area contributed by atoms with Gasteiger partial charge in [0.2, 0.25) is 0 Å². The molecule has 0 saturated carbocycles. The van der Waals surface area contributed by atoms with Crippen LogP contribution >= 0.6 is 15.9 Å². The van der Waals surface area contributed by atoms with Gasteiger partial charge < -0.3 is 4.74 Å². The number of hydrogen-bond acceptors (Lipinski definition) is 4. The number of ether oxygens (including phenoxy) is 1. The molecule has 0 unspecified atom stereocenters. The maximum atomic E-state index is 12.2. The number of aryl methyl sites for hydroxylation is 1. The van der Waals surface area contributed by atoms with Gasteiger partial charge in [0.25, 0.3) is 10.0 Å². The van der Waals surface area contributed by atoms with Gasteiger partial charge in [-0.05, 0) is 25.1 Å². The van der Waals surface area contributed by atoms with Crippen molar-refractivity contribution >= 4 is 31.6 Å². The number of sulfonamides is 1. The van der Waals surface area contributed by atoms with Crippen molar-refractivity contribution in [3.05, 3.63) is 36.2 Å². The number of anilines is 1. The number of alkyl halides is 1. The fourth-order valence-corrected chi connectivity index (χ4v) is 3.27. The van der Waals surface area contributed by atoms with Crippen molar-refractivity contribution in [3.63, 3.8) is 0 Å². The summed E-state index contributed by atoms with van der Waals surface area (Å²) in [7, 11) is -1.97. The van der Waals surface area contributed by atoms with Gasteiger partial charge in [-0.3, -0.25) is 9.40 Å². The van der Waals surface area contributed by atoms with Gasteiger partial charge >= 0.3 is 0 Å². The molecule has 1 aromatic carbocycles. The second-order valence-electron chi connectivity index (χ2n) is 4.34. The molecule has 0 fully saturated rings. The van der Waals surface area contributed by atoms with Gasteiger partial charge in [-0.2, -0.15) is 5.10 Å². The molecule has 2 aromatic rings. The highest BCUT2D eigenvalue weighted by Gasteiger charge is 2.16. The Morgan fingerprint density at radius 3 is 2.76 bits per heavy atom. The first kappa shape index (κ1) is 15.8. The summed E-state index contributed by atoms with van der Waals surface area (Å²) in [6.45, 7) is 2.46. The number of rotatable bonds is 6. The summed E-state index contributed by atoms with van der Waals surface area (Å²) in [5.74, 6) is 0.735. The standard InChI is InChI=1S/C13H16BrN3O3S/c1-3-20-13-5-4-11(6-10(13)7-14)16-21(18,19)12-8-15-17(2)9-12/h4-6,8-9,16H,3,7H2,1-2H3. The van der Waals surface area contributed by atoms with Crippen LogP contribution in [0.5, 0.6) is 5.75 Å². The highest BCUT2D eigenvalue weighted by molar-refractivity contribution is 9.08. The SMILES string of the molecule is CCOc1ccc(NS(=O)(=O)c2cnn(C)c2)cc1CBr. The molecular formula is C13H16BrN3O3S. The molecule has 2 rings (SSSR count). The first-order valence-corrected chi connectivity index (χ1v) is 8.90. The van der Waals surface area contributed by atoms with Gasteiger partial charge in [0.05, 0.1) is 12.8 Å². The van der Waals surface area contributed by atoms with Crippen molar-refractivity contribution in [3.8, 4) is 5.75 Å². The minimum Gasteiger partial charge on any atom is -0.494 e. The van der Waals surface area contributed by atoms with E-state index in [-0.39, 0.29) is 4.90 Å². The lowest BCUT2D eigenvalue weighted by molar-refractivity contribution is 0.338. The fraction of sp³-hybridized carbons (Fsp3) is 0.308. The van der Waals surface area contributed by atoms with Crippen LogP contribution in [-0.4, -0.2) is 24.8 Å². The Balaban J connectivity index is 2.27. The Hall–Kier alpha value is -1.54. The van der Waals surface area contributed by atoms with Gasteiger partial charge in [-0.15, -0.1) is 0 Å². The summed E-state index contributed by atoms with van der Waals surface area (Å²) in [5.41, 5.74) is 1.36. The predicted octanol–water partition coefficient (Wildman–Crippen LogP) is 2.51. The van der Waals surface area contributed by atoms with Crippen molar-refractivity contribution in [2.24, 2.45) is 7.05 Å². The molecule has 21 heavy (non-hydrogen) atoms. The minimum absolute atomic E-state index is 0.124. The van der Waals surface area contributed by atoms with Crippen LogP contribution in [0.25, 0.3) is 0 Å². The molecule has 0 saturated heterocycles. The molecular weight excluding hydrogens is 358 g/mol. The van der Waals surface area contributed by atoms with Gasteiger partial charge in [-0.25, -0.2) is 8.42 Å². The predicted molar refractivity (Wildman–Crippen MR) is 84.3 cm³/mol. The fourth-order valence-electron chi connectivity index (χ4n) is 1.80. The zero-order valence-corrected chi connectivity index (χ0v) is 14.1. The lowest BCUT2D eigenvalue weighted by Gasteiger charge is -2.11. The van der Waals surface area contributed by atoms with Crippen LogP contribution in [0.15, 0.2) is 35.5 Å². The molecule has 0 radical (unpaired) electrons. The molecule has 1 aromatic heterocycles. The molecule has 0 aliphatic carbocycles. The van der Waals surface area contributed by atoms with Crippen LogP contribution in [0.2, 0.25) is 0 Å². The lowest BCUT2D eigenvalue weighted by atomic mass is 10.2. The maximum Gasteiger partial charge on any atom is 0.265 e. The normalized spacial score (nSPS) is 11.4. The average Bonchev–Trinajstić information content (AvgIpc) is 2.88. The Labute approximate surface area is 132 Å². The molecule has 0 amide bonds. The summed E-state index contributed by atoms with van der Waals surface area (Å²) in [6, 6.07) is 5.17. The van der Waals surface area contributed by atoms with Crippen LogP contribution in [-0.2, 0) is 22.4 Å². The second-order valence-corrected chi connectivity index (χ2v) is 6.59. The van der Waals surface area contributed by atoms with Crippen molar-refractivity contribution in [2.75, 3.05) is 11.3 Å². The van der Waals surface area contributed by atoms with Crippen molar-refractivity contribution < 1.29 is 13.2 Å². The lowest BCUT2D eigenvalue weighted by Crippen LogP contribution is -2.12. The number of halogens is 1. The van der Waals surface area contributed by atoms with Crippen molar-refractivity contribution in [1.82, 2.24) is 9.78 Å². The third-order valence-electron chi connectivity index (χ3n) is 2.75. The summed E-state index contributed by atoms with van der Waals surface area (Å²) in [4.78, 5) is 0.124. The summed E-state index contributed by atoms with van der Waals surface area (Å²) < 4.78 is 33.9. The molecule has 1 N–H and O–H groups in total. The van der Waals surface area contributed by atoms with E-state index in [1.54, 1.807) is 25.2 Å². The third-order valence-corrected chi connectivity index (χ3v) is 4.69. The monoisotopic (exact) mass is 373 g/mol. The van der Waals surface area contributed by atoms with Gasteiger partial charge in [0.1, 0.15) is 10.6 Å². The highest BCUT2D eigenvalue weighted by Crippen LogP contribution is 2.26. The average molecular weight is 374 g/mol. The Bertz CT molecular complexity index is 728. The minimum atomic E-state index is -3.63. The molecule has 0 atom stereocenters. The summed E-state index contributed by atoms with van der Waals surface area (Å²) >= 11 is 3.37. The molecule has 0 aliphatic heterocycles. The van der Waals surface area contributed by atoms with Crippen molar-refractivity contribution in [2.45, 2.75) is 17.1 Å². The molecule has 0 bridgehead atoms. The molecule has 6 nitrogen and oxygen atoms in total. The van der Waals surface area contributed by atoms with Gasteiger partial charge in [0.15, 0.2) is 0 Å². The number of benzene rings is 1. The highest BCUT2D eigenvalue weighted by atomic mass is 79.9. The molecule has 0 aliphatic rings. The number of aromatic nitrogens is 2. The largest absolute Gasteiger partial charge is 0.494 e. The van der Waals surface area contributed by atoms with Crippen LogP contribution in [0.4, 0.5) is 5.69 Å². The zero-order valence-electron chi connectivity index (χ0n) is 11.7. The summed E-state index contributed by atoms with van der Waals surface area (Å²) in [6.07, 6.45) is 2.75. The third kappa shape index (κ3) is 3.76. The first-order chi connectivity index (χ1) is 9.96. The first-order valence-electron chi connectivity index (χ1n) is 6.29.